The first-order valence-corrected chi connectivity index (χ1v) is 6.38. The summed E-state index contributed by atoms with van der Waals surface area (Å²) in [4.78, 5) is 2.62. The molecule has 2 fully saturated rings. The fourth-order valence-corrected chi connectivity index (χ4v) is 2.81. The van der Waals surface area contributed by atoms with Gasteiger partial charge < -0.3 is 4.74 Å². The molecule has 2 aliphatic heterocycles. The van der Waals surface area contributed by atoms with Gasteiger partial charge in [-0.2, -0.15) is 0 Å². The molecule has 0 spiro atoms. The second kappa shape index (κ2) is 5.28. The standard InChI is InChI=1S/C12H24N2O/c1-10(2)14-7-3-5-11(14)9-12-13-6-4-8-15-12/h10-13H,3-9H2,1-2H3. The first-order chi connectivity index (χ1) is 7.27. The van der Waals surface area contributed by atoms with Gasteiger partial charge in [0.05, 0.1) is 0 Å². The Balaban J connectivity index is 1.81. The minimum atomic E-state index is 0.308. The highest BCUT2D eigenvalue weighted by Gasteiger charge is 2.29. The van der Waals surface area contributed by atoms with Gasteiger partial charge in [-0.05, 0) is 46.2 Å². The Morgan fingerprint density at radius 1 is 1.40 bits per heavy atom. The van der Waals surface area contributed by atoms with Gasteiger partial charge in [0.2, 0.25) is 0 Å². The molecule has 0 bridgehead atoms. The predicted octanol–water partition coefficient (Wildman–Crippen LogP) is 1.59. The average molecular weight is 212 g/mol. The lowest BCUT2D eigenvalue weighted by Gasteiger charge is -2.32. The van der Waals surface area contributed by atoms with Crippen molar-refractivity contribution in [3.05, 3.63) is 0 Å². The van der Waals surface area contributed by atoms with Crippen LogP contribution in [0, 0.1) is 0 Å². The first kappa shape index (κ1) is 11.4. The van der Waals surface area contributed by atoms with Crippen LogP contribution in [0.4, 0.5) is 0 Å². The quantitative estimate of drug-likeness (QED) is 0.769. The molecule has 0 aromatic carbocycles. The molecule has 15 heavy (non-hydrogen) atoms. The second-order valence-electron chi connectivity index (χ2n) is 5.03. The first-order valence-electron chi connectivity index (χ1n) is 6.38. The molecule has 2 rings (SSSR count). The number of hydrogen-bond acceptors (Lipinski definition) is 3. The van der Waals surface area contributed by atoms with Crippen LogP contribution in [-0.2, 0) is 4.74 Å². The summed E-state index contributed by atoms with van der Waals surface area (Å²) in [6, 6.07) is 1.42. The molecule has 2 unspecified atom stereocenters. The maximum Gasteiger partial charge on any atom is 0.109 e. The van der Waals surface area contributed by atoms with Crippen molar-refractivity contribution in [1.29, 1.82) is 0 Å². The summed E-state index contributed by atoms with van der Waals surface area (Å²) in [5, 5.41) is 3.46. The summed E-state index contributed by atoms with van der Waals surface area (Å²) in [6.45, 7) is 7.93. The zero-order valence-electron chi connectivity index (χ0n) is 10.0. The Hall–Kier alpha value is -0.120. The van der Waals surface area contributed by atoms with Crippen molar-refractivity contribution in [2.75, 3.05) is 19.7 Å². The lowest BCUT2D eigenvalue weighted by Crippen LogP contribution is -2.44. The van der Waals surface area contributed by atoms with E-state index in [2.05, 4.69) is 24.1 Å². The van der Waals surface area contributed by atoms with Crippen LogP contribution in [0.5, 0.6) is 0 Å². The van der Waals surface area contributed by atoms with Gasteiger partial charge in [0.25, 0.3) is 0 Å². The van der Waals surface area contributed by atoms with Crippen molar-refractivity contribution < 1.29 is 4.74 Å². The molecule has 2 saturated heterocycles. The molecule has 88 valence electrons. The van der Waals surface area contributed by atoms with Crippen molar-refractivity contribution in [3.63, 3.8) is 0 Å². The van der Waals surface area contributed by atoms with Crippen LogP contribution in [0.15, 0.2) is 0 Å². The summed E-state index contributed by atoms with van der Waals surface area (Å²) >= 11 is 0. The van der Waals surface area contributed by atoms with Gasteiger partial charge in [0.15, 0.2) is 0 Å². The summed E-state index contributed by atoms with van der Waals surface area (Å²) < 4.78 is 5.73. The Labute approximate surface area is 93.2 Å². The third-order valence-electron chi connectivity index (χ3n) is 3.58. The van der Waals surface area contributed by atoms with E-state index in [4.69, 9.17) is 4.74 Å². The van der Waals surface area contributed by atoms with Crippen LogP contribution in [0.1, 0.15) is 39.5 Å². The average Bonchev–Trinajstić information content (AvgIpc) is 2.67. The van der Waals surface area contributed by atoms with Crippen molar-refractivity contribution in [3.8, 4) is 0 Å². The Morgan fingerprint density at radius 2 is 2.27 bits per heavy atom. The van der Waals surface area contributed by atoms with Gasteiger partial charge in [0.1, 0.15) is 6.23 Å². The minimum absolute atomic E-state index is 0.308. The molecule has 0 aromatic rings. The van der Waals surface area contributed by atoms with Gasteiger partial charge >= 0.3 is 0 Å². The summed E-state index contributed by atoms with van der Waals surface area (Å²) in [6.07, 6.45) is 5.34. The van der Waals surface area contributed by atoms with E-state index in [9.17, 15) is 0 Å². The molecule has 2 heterocycles. The summed E-state index contributed by atoms with van der Waals surface area (Å²) in [7, 11) is 0. The van der Waals surface area contributed by atoms with Gasteiger partial charge in [-0.1, -0.05) is 0 Å². The lowest BCUT2D eigenvalue weighted by molar-refractivity contribution is -0.0187. The van der Waals surface area contributed by atoms with Gasteiger partial charge in [-0.3, -0.25) is 10.2 Å². The Kier molecular flexibility index (Phi) is 4.00. The largest absolute Gasteiger partial charge is 0.363 e. The molecule has 3 heteroatoms. The molecule has 0 aromatic heterocycles. The van der Waals surface area contributed by atoms with E-state index in [1.807, 2.05) is 0 Å². The number of rotatable bonds is 3. The molecular weight excluding hydrogens is 188 g/mol. The van der Waals surface area contributed by atoms with Gasteiger partial charge in [-0.15, -0.1) is 0 Å². The fourth-order valence-electron chi connectivity index (χ4n) is 2.81. The molecule has 0 radical (unpaired) electrons. The Bertz CT molecular complexity index is 190. The highest BCUT2D eigenvalue weighted by atomic mass is 16.5. The molecular formula is C12H24N2O. The Morgan fingerprint density at radius 3 is 2.93 bits per heavy atom. The molecule has 2 atom stereocenters. The van der Waals surface area contributed by atoms with Gasteiger partial charge in [0, 0.05) is 25.1 Å². The highest BCUT2D eigenvalue weighted by Crippen LogP contribution is 2.24. The second-order valence-corrected chi connectivity index (χ2v) is 5.03. The number of likely N-dealkylation sites (tertiary alicyclic amines) is 1. The predicted molar refractivity (Wildman–Crippen MR) is 61.8 cm³/mol. The zero-order chi connectivity index (χ0) is 10.7. The van der Waals surface area contributed by atoms with Crippen molar-refractivity contribution >= 4 is 0 Å². The summed E-state index contributed by atoms with van der Waals surface area (Å²) in [5.74, 6) is 0. The number of nitrogens with one attached hydrogen (secondary N) is 1. The van der Waals surface area contributed by atoms with Crippen LogP contribution < -0.4 is 5.32 Å². The molecule has 0 saturated carbocycles. The SMILES string of the molecule is CC(C)N1CCCC1CC1NCCCO1. The van der Waals surface area contributed by atoms with E-state index in [1.54, 1.807) is 0 Å². The molecule has 2 aliphatic rings. The van der Waals surface area contributed by atoms with Crippen molar-refractivity contribution in [2.24, 2.45) is 0 Å². The molecule has 1 N–H and O–H groups in total. The van der Waals surface area contributed by atoms with Crippen LogP contribution in [0.3, 0.4) is 0 Å². The molecule has 0 aliphatic carbocycles. The van der Waals surface area contributed by atoms with E-state index >= 15 is 0 Å². The lowest BCUT2D eigenvalue weighted by atomic mass is 10.1. The van der Waals surface area contributed by atoms with Crippen LogP contribution in [0.2, 0.25) is 0 Å². The van der Waals surface area contributed by atoms with E-state index in [-0.39, 0.29) is 0 Å². The number of hydrogen-bond donors (Lipinski definition) is 1. The maximum absolute atomic E-state index is 5.73. The van der Waals surface area contributed by atoms with E-state index in [0.29, 0.717) is 12.3 Å². The van der Waals surface area contributed by atoms with E-state index in [1.165, 1.54) is 19.4 Å². The van der Waals surface area contributed by atoms with Crippen LogP contribution in [0.25, 0.3) is 0 Å². The fraction of sp³-hybridized carbons (Fsp3) is 1.00. The van der Waals surface area contributed by atoms with Crippen LogP contribution in [-0.4, -0.2) is 42.9 Å². The smallest absolute Gasteiger partial charge is 0.109 e. The molecule has 0 amide bonds. The summed E-state index contributed by atoms with van der Waals surface area (Å²) in [5.41, 5.74) is 0. The number of ether oxygens (including phenoxy) is 1. The zero-order valence-corrected chi connectivity index (χ0v) is 10.0. The third-order valence-corrected chi connectivity index (χ3v) is 3.58. The topological polar surface area (TPSA) is 24.5 Å². The van der Waals surface area contributed by atoms with E-state index < -0.39 is 0 Å². The maximum atomic E-state index is 5.73. The number of nitrogens with zero attached hydrogens (tertiary/aromatic N) is 1. The normalized spacial score (nSPS) is 33.8. The van der Waals surface area contributed by atoms with Crippen molar-refractivity contribution in [1.82, 2.24) is 10.2 Å². The van der Waals surface area contributed by atoms with Crippen molar-refractivity contribution in [2.45, 2.75) is 57.8 Å². The monoisotopic (exact) mass is 212 g/mol. The highest BCUT2D eigenvalue weighted by molar-refractivity contribution is 4.83. The molecule has 3 nitrogen and oxygen atoms in total. The minimum Gasteiger partial charge on any atom is -0.363 e. The van der Waals surface area contributed by atoms with Crippen LogP contribution >= 0.6 is 0 Å². The van der Waals surface area contributed by atoms with E-state index in [0.717, 1.165) is 32.0 Å². The van der Waals surface area contributed by atoms with Gasteiger partial charge in [-0.25, -0.2) is 0 Å². The third kappa shape index (κ3) is 2.92.